The first-order valence-corrected chi connectivity index (χ1v) is 8.74. The van der Waals surface area contributed by atoms with Crippen LogP contribution in [0.3, 0.4) is 0 Å². The van der Waals surface area contributed by atoms with Gasteiger partial charge in [-0.25, -0.2) is 0 Å². The minimum absolute atomic E-state index is 0.0565. The van der Waals surface area contributed by atoms with Crippen LogP contribution >= 0.6 is 36.1 Å². The number of carbonyl (C=O) groups excluding carboxylic acids is 1. The molecule has 0 radical (unpaired) electrons. The van der Waals surface area contributed by atoms with Gasteiger partial charge in [0.15, 0.2) is 6.29 Å². The maximum Gasteiger partial charge on any atom is 0.244 e. The molecule has 1 unspecified atom stereocenters. The summed E-state index contributed by atoms with van der Waals surface area (Å²) in [4.78, 5) is 12.2. The third-order valence-corrected chi connectivity index (χ3v) is 4.74. The molecule has 0 aliphatic carbocycles. The van der Waals surface area contributed by atoms with Crippen molar-refractivity contribution in [2.24, 2.45) is 0 Å². The highest BCUT2D eigenvalue weighted by Gasteiger charge is 2.45. The molecule has 1 aromatic rings. The first-order chi connectivity index (χ1) is 12.4. The van der Waals surface area contributed by atoms with Gasteiger partial charge in [0.25, 0.3) is 0 Å². The Morgan fingerprint density at radius 3 is 2.69 bits per heavy atom. The molecule has 2 rings (SSSR count). The molecule has 0 spiro atoms. The smallest absolute Gasteiger partial charge is 0.244 e. The number of carbonyl (C=O) groups is 1. The Labute approximate surface area is 166 Å². The molecule has 1 amide bonds. The van der Waals surface area contributed by atoms with Crippen LogP contribution in [0.2, 0.25) is 10.0 Å². The zero-order valence-corrected chi connectivity index (χ0v) is 16.1. The molecule has 5 atom stereocenters. The number of aliphatic hydroxyl groups excluding tert-OH is 2. The van der Waals surface area contributed by atoms with Gasteiger partial charge < -0.3 is 29.2 Å². The van der Waals surface area contributed by atoms with Crippen molar-refractivity contribution < 1.29 is 28.7 Å². The predicted molar refractivity (Wildman–Crippen MR) is 100 cm³/mol. The molecule has 0 bridgehead atoms. The largest absolute Gasteiger partial charge is 0.388 e. The SMILES string of the molecule is COC1O[C@H](COS)[C@@H](O)[C@H](O)[C@H]1NC(=O)/C=C/c1ccc(Cl)c(Cl)c1. The van der Waals surface area contributed by atoms with E-state index in [0.29, 0.717) is 15.6 Å². The first-order valence-electron chi connectivity index (χ1n) is 7.61. The van der Waals surface area contributed by atoms with Crippen LogP contribution in [0.4, 0.5) is 0 Å². The van der Waals surface area contributed by atoms with Crippen LogP contribution in [0, 0.1) is 0 Å². The number of methoxy groups -OCH3 is 1. The Bertz CT molecular complexity index is 660. The number of nitrogens with one attached hydrogen (secondary N) is 1. The maximum absolute atomic E-state index is 12.2. The summed E-state index contributed by atoms with van der Waals surface area (Å²) in [5, 5.41) is 23.7. The van der Waals surface area contributed by atoms with Gasteiger partial charge in [-0.05, 0) is 36.7 Å². The minimum atomic E-state index is -1.32. The number of amides is 1. The number of aliphatic hydroxyl groups is 2. The van der Waals surface area contributed by atoms with Gasteiger partial charge >= 0.3 is 0 Å². The number of halogens is 2. The number of hydrogen-bond acceptors (Lipinski definition) is 7. The highest BCUT2D eigenvalue weighted by molar-refractivity contribution is 7.75. The Morgan fingerprint density at radius 1 is 1.35 bits per heavy atom. The number of benzene rings is 1. The molecule has 0 aromatic heterocycles. The van der Waals surface area contributed by atoms with Crippen LogP contribution in [0.15, 0.2) is 24.3 Å². The molecular weight excluding hydrogens is 405 g/mol. The van der Waals surface area contributed by atoms with Crippen molar-refractivity contribution in [2.45, 2.75) is 30.6 Å². The van der Waals surface area contributed by atoms with Crippen LogP contribution in [-0.2, 0) is 18.5 Å². The molecule has 10 heteroatoms. The standard InChI is InChI=1S/C16H19Cl2NO6S/c1-23-16-13(15(22)14(21)11(25-16)7-24-26)19-12(20)5-3-8-2-4-9(17)10(18)6-8/h2-6,11,13-16,21-22,26H,7H2,1H3,(H,19,20)/b5-3+/t11-,13-,14-,15-,16?/m1/s1. The highest BCUT2D eigenvalue weighted by atomic mass is 35.5. The van der Waals surface area contributed by atoms with Crippen molar-refractivity contribution in [3.05, 3.63) is 39.9 Å². The van der Waals surface area contributed by atoms with E-state index in [4.69, 9.17) is 32.7 Å². The molecule has 0 saturated carbocycles. The molecule has 1 aromatic carbocycles. The van der Waals surface area contributed by atoms with E-state index in [1.165, 1.54) is 19.3 Å². The number of ether oxygens (including phenoxy) is 2. The molecule has 1 fully saturated rings. The summed E-state index contributed by atoms with van der Waals surface area (Å²) in [5.41, 5.74) is 0.671. The van der Waals surface area contributed by atoms with Crippen LogP contribution in [0.5, 0.6) is 0 Å². The molecule has 144 valence electrons. The minimum Gasteiger partial charge on any atom is -0.388 e. The quantitative estimate of drug-likeness (QED) is 0.314. The molecule has 26 heavy (non-hydrogen) atoms. The average Bonchev–Trinajstić information content (AvgIpc) is 2.62. The van der Waals surface area contributed by atoms with Crippen LogP contribution in [0.25, 0.3) is 6.08 Å². The van der Waals surface area contributed by atoms with Crippen LogP contribution < -0.4 is 5.32 Å². The fourth-order valence-corrected chi connectivity index (χ4v) is 2.95. The summed E-state index contributed by atoms with van der Waals surface area (Å²) >= 11 is 15.4. The molecule has 7 nitrogen and oxygen atoms in total. The number of hydrogen-bond donors (Lipinski definition) is 4. The third-order valence-electron chi connectivity index (χ3n) is 3.85. The Morgan fingerprint density at radius 2 is 2.08 bits per heavy atom. The van der Waals surface area contributed by atoms with Gasteiger partial charge in [0.1, 0.15) is 24.4 Å². The van der Waals surface area contributed by atoms with Gasteiger partial charge in [0.05, 0.1) is 16.7 Å². The van der Waals surface area contributed by atoms with Gasteiger partial charge in [-0.2, -0.15) is 0 Å². The Balaban J connectivity index is 2.04. The van der Waals surface area contributed by atoms with Gasteiger partial charge in [0.2, 0.25) is 5.91 Å². The molecule has 1 heterocycles. The summed E-state index contributed by atoms with van der Waals surface area (Å²) in [6.07, 6.45) is -1.61. The maximum atomic E-state index is 12.2. The highest BCUT2D eigenvalue weighted by Crippen LogP contribution is 2.24. The van der Waals surface area contributed by atoms with Gasteiger partial charge in [-0.3, -0.25) is 4.79 Å². The predicted octanol–water partition coefficient (Wildman–Crippen LogP) is 1.45. The van der Waals surface area contributed by atoms with Crippen LogP contribution in [0.1, 0.15) is 5.56 Å². The van der Waals surface area contributed by atoms with E-state index in [1.54, 1.807) is 18.2 Å². The zero-order valence-electron chi connectivity index (χ0n) is 13.7. The van der Waals surface area contributed by atoms with E-state index in [1.807, 2.05) is 0 Å². The lowest BCUT2D eigenvalue weighted by Gasteiger charge is -2.41. The lowest BCUT2D eigenvalue weighted by atomic mass is 9.97. The molecule has 3 N–H and O–H groups in total. The van der Waals surface area contributed by atoms with E-state index in [9.17, 15) is 15.0 Å². The van der Waals surface area contributed by atoms with E-state index < -0.39 is 36.6 Å². The van der Waals surface area contributed by atoms with E-state index >= 15 is 0 Å². The second-order valence-electron chi connectivity index (χ2n) is 5.60. The van der Waals surface area contributed by atoms with Crippen molar-refractivity contribution in [1.29, 1.82) is 0 Å². The molecular formula is C16H19Cl2NO6S. The first kappa shape index (κ1) is 21.5. The van der Waals surface area contributed by atoms with E-state index in [0.717, 1.165) is 0 Å². The molecule has 1 aliphatic heterocycles. The molecule has 1 aliphatic rings. The summed E-state index contributed by atoms with van der Waals surface area (Å²) in [5.74, 6) is -0.512. The van der Waals surface area contributed by atoms with Crippen molar-refractivity contribution in [2.75, 3.05) is 13.7 Å². The fraction of sp³-hybridized carbons (Fsp3) is 0.438. The van der Waals surface area contributed by atoms with Gasteiger partial charge in [0, 0.05) is 13.2 Å². The van der Waals surface area contributed by atoms with Crippen LogP contribution in [-0.4, -0.2) is 60.5 Å². The number of thiol groups is 1. The summed E-state index contributed by atoms with van der Waals surface area (Å²) in [6, 6.07) is 3.94. The third kappa shape index (κ3) is 5.34. The van der Waals surface area contributed by atoms with Crippen molar-refractivity contribution in [3.8, 4) is 0 Å². The number of rotatable bonds is 6. The van der Waals surface area contributed by atoms with Gasteiger partial charge in [-0.15, -0.1) is 0 Å². The second kappa shape index (κ2) is 9.91. The van der Waals surface area contributed by atoms with Gasteiger partial charge in [-0.1, -0.05) is 29.3 Å². The molecule has 1 saturated heterocycles. The second-order valence-corrected chi connectivity index (χ2v) is 6.67. The zero-order chi connectivity index (χ0) is 19.3. The van der Waals surface area contributed by atoms with E-state index in [2.05, 4.69) is 22.4 Å². The van der Waals surface area contributed by atoms with Crippen molar-refractivity contribution in [3.63, 3.8) is 0 Å². The Kier molecular flexibility index (Phi) is 8.18. The van der Waals surface area contributed by atoms with Crippen molar-refractivity contribution in [1.82, 2.24) is 5.32 Å². The fourth-order valence-electron chi connectivity index (χ4n) is 2.50. The Hall–Kier alpha value is -0.840. The topological polar surface area (TPSA) is 97.2 Å². The summed E-state index contributed by atoms with van der Waals surface area (Å²) in [7, 11) is 1.36. The average molecular weight is 424 g/mol. The summed E-state index contributed by atoms with van der Waals surface area (Å²) < 4.78 is 15.3. The monoisotopic (exact) mass is 423 g/mol. The van der Waals surface area contributed by atoms with E-state index in [-0.39, 0.29) is 6.61 Å². The summed E-state index contributed by atoms with van der Waals surface area (Å²) in [6.45, 7) is -0.0565. The lowest BCUT2D eigenvalue weighted by Crippen LogP contribution is -2.64. The van der Waals surface area contributed by atoms with Crippen molar-refractivity contribution >= 4 is 48.1 Å². The lowest BCUT2D eigenvalue weighted by molar-refractivity contribution is -0.260. The normalized spacial score (nSPS) is 29.1.